The Balaban J connectivity index is 2.62. The van der Waals surface area contributed by atoms with Crippen molar-refractivity contribution >= 4 is 17.9 Å². The van der Waals surface area contributed by atoms with Gasteiger partial charge in [-0.3, -0.25) is 14.4 Å². The quantitative estimate of drug-likeness (QED) is 0.123. The van der Waals surface area contributed by atoms with E-state index in [4.69, 9.17) is 40.3 Å². The van der Waals surface area contributed by atoms with Gasteiger partial charge in [-0.15, -0.1) is 0 Å². The van der Waals surface area contributed by atoms with Crippen molar-refractivity contribution in [2.45, 2.75) is 87.9 Å². The predicted octanol–water partition coefficient (Wildman–Crippen LogP) is 0.974. The molecule has 1 saturated carbocycles. The smallest absolute Gasteiger partial charge is 0.303 e. The number of hydrogen-bond donors (Lipinski definition) is 2. The Bertz CT molecular complexity index is 1160. The Kier molecular flexibility index (Phi) is 11.6. The first-order valence-electron chi connectivity index (χ1n) is 11.3. The van der Waals surface area contributed by atoms with E-state index in [2.05, 4.69) is 40.1 Å². The summed E-state index contributed by atoms with van der Waals surface area (Å²) in [6, 6.07) is -4.97. The van der Waals surface area contributed by atoms with E-state index in [1.807, 2.05) is 0 Å². The summed E-state index contributed by atoms with van der Waals surface area (Å²) < 4.78 is 27.0. The number of aliphatic hydroxyl groups is 2. The zero-order valence-electron chi connectivity index (χ0n) is 21.1. The largest absolute Gasteiger partial charge is 0.459 e. The van der Waals surface area contributed by atoms with Crippen LogP contribution >= 0.6 is 0 Å². The minimum atomic E-state index is -1.94. The van der Waals surface area contributed by atoms with E-state index in [1.165, 1.54) is 0 Å². The molecule has 1 aliphatic carbocycles. The fourth-order valence-corrected chi connectivity index (χ4v) is 4.33. The lowest BCUT2D eigenvalue weighted by Crippen LogP contribution is -2.67. The lowest BCUT2D eigenvalue weighted by molar-refractivity contribution is -0.295. The van der Waals surface area contributed by atoms with Gasteiger partial charge >= 0.3 is 17.9 Å². The van der Waals surface area contributed by atoms with E-state index in [0.717, 1.165) is 20.8 Å². The number of esters is 3. The molecule has 0 aromatic heterocycles. The van der Waals surface area contributed by atoms with E-state index < -0.39 is 91.6 Å². The second-order valence-electron chi connectivity index (χ2n) is 8.35. The third-order valence-electron chi connectivity index (χ3n) is 5.74. The van der Waals surface area contributed by atoms with Gasteiger partial charge in [0.25, 0.3) is 0 Å². The van der Waals surface area contributed by atoms with Crippen molar-refractivity contribution in [2.24, 2.45) is 20.5 Å². The molecule has 0 aromatic rings. The van der Waals surface area contributed by atoms with Crippen molar-refractivity contribution in [1.82, 2.24) is 0 Å². The van der Waals surface area contributed by atoms with E-state index in [-0.39, 0.29) is 0 Å². The van der Waals surface area contributed by atoms with Crippen molar-refractivity contribution < 1.29 is 48.3 Å². The molecular weight excluding hydrogens is 544 g/mol. The number of hydrogen-bond acceptors (Lipinski definition) is 14. The van der Waals surface area contributed by atoms with Gasteiger partial charge < -0.3 is 33.9 Å². The first-order valence-corrected chi connectivity index (χ1v) is 11.3. The Labute approximate surface area is 223 Å². The van der Waals surface area contributed by atoms with Gasteiger partial charge in [0.2, 0.25) is 0 Å². The molecule has 2 N–H and O–H groups in total. The first-order chi connectivity index (χ1) is 19.0. The molecule has 1 aliphatic heterocycles. The summed E-state index contributed by atoms with van der Waals surface area (Å²) in [5, 5.41) is 35.5. The number of carbonyl (C=O) groups excluding carboxylic acids is 3. The molecule has 22 nitrogen and oxygen atoms in total. The molecule has 40 heavy (non-hydrogen) atoms. The van der Waals surface area contributed by atoms with Gasteiger partial charge in [-0.25, -0.2) is 0 Å². The van der Waals surface area contributed by atoms with Crippen molar-refractivity contribution in [1.29, 1.82) is 0 Å². The Morgan fingerprint density at radius 3 is 1.68 bits per heavy atom. The number of ether oxygens (including phenoxy) is 5. The highest BCUT2D eigenvalue weighted by Gasteiger charge is 2.56. The molecule has 22 heteroatoms. The fourth-order valence-electron chi connectivity index (χ4n) is 4.33. The normalized spacial score (nSPS) is 34.8. The Hall–Kier alpha value is -4.51. The molecule has 1 heterocycles. The van der Waals surface area contributed by atoms with Gasteiger partial charge in [0.15, 0.2) is 18.5 Å². The molecule has 11 atom stereocenters. The molecule has 2 rings (SSSR count). The molecule has 0 amide bonds. The summed E-state index contributed by atoms with van der Waals surface area (Å²) in [6.07, 6.45) is -13.5. The number of azide groups is 4. The molecule has 1 saturated heterocycles. The summed E-state index contributed by atoms with van der Waals surface area (Å²) in [5.41, 5.74) is 36.0. The average molecular weight is 568 g/mol. The zero-order chi connectivity index (χ0) is 30.0. The van der Waals surface area contributed by atoms with Crippen LogP contribution < -0.4 is 0 Å². The van der Waals surface area contributed by atoms with Crippen LogP contribution in [-0.2, 0) is 38.1 Å². The van der Waals surface area contributed by atoms with Crippen LogP contribution in [0.1, 0.15) is 20.8 Å². The van der Waals surface area contributed by atoms with Crippen LogP contribution in [-0.4, -0.2) is 102 Å². The third kappa shape index (κ3) is 7.54. The molecule has 0 radical (unpaired) electrons. The monoisotopic (exact) mass is 568 g/mol. The van der Waals surface area contributed by atoms with Crippen molar-refractivity contribution in [2.75, 3.05) is 6.54 Å². The van der Waals surface area contributed by atoms with E-state index in [9.17, 15) is 30.1 Å². The topological polar surface area (TPSA) is 333 Å². The van der Waals surface area contributed by atoms with Gasteiger partial charge in [0, 0.05) is 40.4 Å². The minimum absolute atomic E-state index is 0.514. The van der Waals surface area contributed by atoms with Gasteiger partial charge in [-0.2, -0.15) is 0 Å². The van der Waals surface area contributed by atoms with Gasteiger partial charge in [0.1, 0.15) is 36.5 Å². The SMILES string of the molecule is CC(=O)O[C@@H]1[C@@H](O)[C@H](O[C@H]2O[C@H](CN=[N+]=[N-])[C@@H](OC(C)=O)[C@H](OC(C)=O)[C@H]2N=[N+]=[N-])[C@@H](N=[N+]=[N-])[C@H](O)[C@H]1N=[N+]=[N-]. The van der Waals surface area contributed by atoms with E-state index in [1.54, 1.807) is 0 Å². The number of aliphatic hydroxyl groups excluding tert-OH is 2. The second-order valence-corrected chi connectivity index (χ2v) is 8.35. The maximum atomic E-state index is 11.9. The Morgan fingerprint density at radius 1 is 0.700 bits per heavy atom. The van der Waals surface area contributed by atoms with Crippen LogP contribution in [0.2, 0.25) is 0 Å². The highest BCUT2D eigenvalue weighted by molar-refractivity contribution is 5.67. The summed E-state index contributed by atoms with van der Waals surface area (Å²) in [4.78, 5) is 45.8. The predicted molar refractivity (Wildman–Crippen MR) is 125 cm³/mol. The van der Waals surface area contributed by atoms with Crippen molar-refractivity contribution in [3.8, 4) is 0 Å². The molecule has 0 spiro atoms. The Morgan fingerprint density at radius 2 is 1.18 bits per heavy atom. The third-order valence-corrected chi connectivity index (χ3v) is 5.74. The molecule has 0 bridgehead atoms. The molecule has 2 aliphatic rings. The minimum Gasteiger partial charge on any atom is -0.459 e. The highest BCUT2D eigenvalue weighted by Crippen LogP contribution is 2.35. The fraction of sp³-hybridized carbons (Fsp3) is 0.833. The zero-order valence-corrected chi connectivity index (χ0v) is 21.1. The van der Waals surface area contributed by atoms with Gasteiger partial charge in [0.05, 0.1) is 18.7 Å². The van der Waals surface area contributed by atoms with Crippen LogP contribution in [0.3, 0.4) is 0 Å². The molecular formula is C18H24N12O10. The lowest BCUT2D eigenvalue weighted by Gasteiger charge is -2.48. The van der Waals surface area contributed by atoms with Crippen LogP contribution in [0, 0.1) is 0 Å². The molecule has 216 valence electrons. The van der Waals surface area contributed by atoms with E-state index >= 15 is 0 Å². The summed E-state index contributed by atoms with van der Waals surface area (Å²) >= 11 is 0. The molecule has 0 aromatic carbocycles. The maximum Gasteiger partial charge on any atom is 0.303 e. The van der Waals surface area contributed by atoms with Crippen LogP contribution in [0.25, 0.3) is 41.8 Å². The summed E-state index contributed by atoms with van der Waals surface area (Å²) in [6.45, 7) is 2.49. The number of nitrogens with zero attached hydrogens (tertiary/aromatic N) is 12. The van der Waals surface area contributed by atoms with Crippen LogP contribution in [0.5, 0.6) is 0 Å². The van der Waals surface area contributed by atoms with Crippen LogP contribution in [0.4, 0.5) is 0 Å². The van der Waals surface area contributed by atoms with Gasteiger partial charge in [-0.1, -0.05) is 20.5 Å². The number of rotatable bonds is 10. The molecule has 2 fully saturated rings. The first kappa shape index (κ1) is 31.7. The van der Waals surface area contributed by atoms with Crippen molar-refractivity contribution in [3.63, 3.8) is 0 Å². The number of carbonyl (C=O) groups is 3. The average Bonchev–Trinajstić information content (AvgIpc) is 2.88. The van der Waals surface area contributed by atoms with E-state index in [0.29, 0.717) is 0 Å². The lowest BCUT2D eigenvalue weighted by atomic mass is 9.81. The second kappa shape index (κ2) is 14.6. The summed E-state index contributed by atoms with van der Waals surface area (Å²) in [7, 11) is 0. The standard InChI is InChI=1S/C18H24N12O10/c1-5(31)36-14-8(4-23-27-19)39-18(11(26-30-22)17(14)38-7(3)33)40-16-10(25-29-21)12(34)9(24-28-20)15(13(16)35)37-6(2)32/h8-18,34-35H,4H2,1-3H3/t8-,9-,10+,11-,12-,13-,14-,15+,16-,17-,18-/m1/s1. The highest BCUT2D eigenvalue weighted by atomic mass is 16.7. The maximum absolute atomic E-state index is 11.9. The van der Waals surface area contributed by atoms with Crippen molar-refractivity contribution in [3.05, 3.63) is 41.8 Å². The van der Waals surface area contributed by atoms with Crippen LogP contribution in [0.15, 0.2) is 20.5 Å². The summed E-state index contributed by atoms with van der Waals surface area (Å²) in [5.74, 6) is -2.71. The van der Waals surface area contributed by atoms with Gasteiger partial charge in [-0.05, 0) is 22.1 Å². The molecule has 0 unspecified atom stereocenters.